The number of ketones is 1. The summed E-state index contributed by atoms with van der Waals surface area (Å²) in [6.45, 7) is 5.83. The topological polar surface area (TPSA) is 101 Å². The van der Waals surface area contributed by atoms with Crippen LogP contribution in [-0.2, 0) is 9.59 Å². The van der Waals surface area contributed by atoms with Gasteiger partial charge in [-0.2, -0.15) is 0 Å². The van der Waals surface area contributed by atoms with Gasteiger partial charge in [0.15, 0.2) is 11.5 Å². The standard InChI is InChI=1S/C30H26N2O6/c1-16(2)38-23-10-8-18(12-17(23)3)28(33)26-27(21-14-31-22-7-5-4-6-20(21)22)32(30(35)29(26)34)19-9-11-24-25(13-19)37-15-36-24/h4-14,16,27,31,33H,15H2,1-3H3/b28-26+. The normalized spacial score (nSPS) is 18.1. The Morgan fingerprint density at radius 2 is 1.84 bits per heavy atom. The molecule has 0 saturated carbocycles. The average molecular weight is 511 g/mol. The number of nitrogens with one attached hydrogen (secondary N) is 1. The molecule has 1 saturated heterocycles. The average Bonchev–Trinajstić information content (AvgIpc) is 3.60. The molecule has 2 aliphatic heterocycles. The number of amides is 1. The Morgan fingerprint density at radius 3 is 2.63 bits per heavy atom. The van der Waals surface area contributed by atoms with Crippen LogP contribution in [0.3, 0.4) is 0 Å². The molecule has 192 valence electrons. The molecule has 6 rings (SSSR count). The number of hydrogen-bond acceptors (Lipinski definition) is 6. The number of para-hydroxylation sites is 1. The Kier molecular flexibility index (Phi) is 5.60. The summed E-state index contributed by atoms with van der Waals surface area (Å²) in [6.07, 6.45) is 1.77. The van der Waals surface area contributed by atoms with Gasteiger partial charge in [-0.05, 0) is 62.7 Å². The third-order valence-corrected chi connectivity index (χ3v) is 6.81. The number of benzene rings is 3. The molecule has 1 unspecified atom stereocenters. The van der Waals surface area contributed by atoms with Gasteiger partial charge in [-0.25, -0.2) is 0 Å². The minimum absolute atomic E-state index is 0.00866. The first-order valence-electron chi connectivity index (χ1n) is 12.4. The van der Waals surface area contributed by atoms with Gasteiger partial charge in [0.25, 0.3) is 11.7 Å². The summed E-state index contributed by atoms with van der Waals surface area (Å²) in [7, 11) is 0. The van der Waals surface area contributed by atoms with Gasteiger partial charge < -0.3 is 24.3 Å². The second kappa shape index (κ2) is 8.99. The lowest BCUT2D eigenvalue weighted by molar-refractivity contribution is -0.132. The molecular formula is C30H26N2O6. The van der Waals surface area contributed by atoms with Crippen molar-refractivity contribution in [3.05, 3.63) is 89.1 Å². The van der Waals surface area contributed by atoms with E-state index in [-0.39, 0.29) is 24.2 Å². The van der Waals surface area contributed by atoms with Crippen LogP contribution in [0, 0.1) is 6.92 Å². The van der Waals surface area contributed by atoms with Crippen LogP contribution < -0.4 is 19.1 Å². The molecule has 3 heterocycles. The summed E-state index contributed by atoms with van der Waals surface area (Å²) in [6, 6.07) is 17.1. The van der Waals surface area contributed by atoms with E-state index >= 15 is 0 Å². The third-order valence-electron chi connectivity index (χ3n) is 6.81. The van der Waals surface area contributed by atoms with Gasteiger partial charge in [-0.1, -0.05) is 18.2 Å². The summed E-state index contributed by atoms with van der Waals surface area (Å²) >= 11 is 0. The first-order chi connectivity index (χ1) is 18.3. The SMILES string of the molecule is Cc1cc(/C(O)=C2\C(=O)C(=O)N(c3ccc4c(c3)OCO4)C2c2c[nH]c3ccccc23)ccc1OC(C)C. The predicted molar refractivity (Wildman–Crippen MR) is 143 cm³/mol. The van der Waals surface area contributed by atoms with E-state index in [0.29, 0.717) is 34.1 Å². The van der Waals surface area contributed by atoms with Crippen LogP contribution in [0.2, 0.25) is 0 Å². The van der Waals surface area contributed by atoms with Gasteiger partial charge in [-0.3, -0.25) is 14.5 Å². The van der Waals surface area contributed by atoms with E-state index in [1.165, 1.54) is 4.90 Å². The maximum atomic E-state index is 13.6. The first-order valence-corrected chi connectivity index (χ1v) is 12.4. The van der Waals surface area contributed by atoms with Crippen molar-refractivity contribution in [3.63, 3.8) is 0 Å². The molecule has 0 radical (unpaired) electrons. The zero-order valence-electron chi connectivity index (χ0n) is 21.1. The fourth-order valence-corrected chi connectivity index (χ4v) is 5.09. The fourth-order valence-electron chi connectivity index (χ4n) is 5.09. The van der Waals surface area contributed by atoms with Crippen LogP contribution in [-0.4, -0.2) is 34.7 Å². The first kappa shape index (κ1) is 23.7. The molecular weight excluding hydrogens is 484 g/mol. The van der Waals surface area contributed by atoms with Crippen LogP contribution >= 0.6 is 0 Å². The minimum atomic E-state index is -0.876. The van der Waals surface area contributed by atoms with E-state index in [2.05, 4.69) is 4.98 Å². The Labute approximate surface area is 219 Å². The second-order valence-electron chi connectivity index (χ2n) is 9.64. The number of hydrogen-bond donors (Lipinski definition) is 2. The quantitative estimate of drug-likeness (QED) is 0.205. The van der Waals surface area contributed by atoms with Gasteiger partial charge in [0.05, 0.1) is 17.7 Å². The molecule has 38 heavy (non-hydrogen) atoms. The van der Waals surface area contributed by atoms with E-state index in [1.54, 1.807) is 42.6 Å². The molecule has 8 nitrogen and oxygen atoms in total. The number of rotatable bonds is 5. The summed E-state index contributed by atoms with van der Waals surface area (Å²) in [5.74, 6) is -0.0222. The van der Waals surface area contributed by atoms with Gasteiger partial charge in [0.2, 0.25) is 6.79 Å². The number of nitrogens with zero attached hydrogens (tertiary/aromatic N) is 1. The molecule has 3 aromatic carbocycles. The molecule has 2 N–H and O–H groups in total. The number of H-pyrrole nitrogens is 1. The smallest absolute Gasteiger partial charge is 0.300 e. The van der Waals surface area contributed by atoms with Crippen molar-refractivity contribution < 1.29 is 28.9 Å². The second-order valence-corrected chi connectivity index (χ2v) is 9.64. The highest BCUT2D eigenvalue weighted by atomic mass is 16.7. The molecule has 0 aliphatic carbocycles. The molecule has 0 bridgehead atoms. The van der Waals surface area contributed by atoms with Crippen molar-refractivity contribution in [2.24, 2.45) is 0 Å². The molecule has 1 atom stereocenters. The highest BCUT2D eigenvalue weighted by Gasteiger charge is 2.48. The van der Waals surface area contributed by atoms with Crippen molar-refractivity contribution in [3.8, 4) is 17.2 Å². The van der Waals surface area contributed by atoms with Crippen molar-refractivity contribution in [1.82, 2.24) is 4.98 Å². The zero-order chi connectivity index (χ0) is 26.6. The van der Waals surface area contributed by atoms with Gasteiger partial charge in [0, 0.05) is 40.0 Å². The number of Topliss-reactive ketones (excluding diaryl/α,β-unsaturated/α-hetero) is 1. The van der Waals surface area contributed by atoms with Crippen molar-refractivity contribution in [2.45, 2.75) is 32.9 Å². The van der Waals surface area contributed by atoms with Crippen LogP contribution in [0.25, 0.3) is 16.7 Å². The summed E-state index contributed by atoms with van der Waals surface area (Å²) in [4.78, 5) is 31.8. The van der Waals surface area contributed by atoms with Gasteiger partial charge in [-0.15, -0.1) is 0 Å². The molecule has 8 heteroatoms. The van der Waals surface area contributed by atoms with Crippen LogP contribution in [0.5, 0.6) is 17.2 Å². The molecule has 2 aliphatic rings. The lowest BCUT2D eigenvalue weighted by Crippen LogP contribution is -2.29. The van der Waals surface area contributed by atoms with E-state index in [9.17, 15) is 14.7 Å². The number of anilines is 1. The number of ether oxygens (including phenoxy) is 3. The van der Waals surface area contributed by atoms with E-state index < -0.39 is 17.7 Å². The fraction of sp³-hybridized carbons (Fsp3) is 0.200. The Bertz CT molecular complexity index is 1630. The molecule has 1 amide bonds. The zero-order valence-corrected chi connectivity index (χ0v) is 21.1. The van der Waals surface area contributed by atoms with Crippen LogP contribution in [0.4, 0.5) is 5.69 Å². The number of carbonyl (C=O) groups excluding carboxylic acids is 2. The number of aliphatic hydroxyl groups is 1. The largest absolute Gasteiger partial charge is 0.507 e. The summed E-state index contributed by atoms with van der Waals surface area (Å²) in [5.41, 5.74) is 3.24. The number of aliphatic hydroxyl groups excluding tert-OH is 1. The van der Waals surface area contributed by atoms with Gasteiger partial charge in [0.1, 0.15) is 11.5 Å². The van der Waals surface area contributed by atoms with Crippen molar-refractivity contribution in [2.75, 3.05) is 11.7 Å². The maximum absolute atomic E-state index is 13.6. The highest BCUT2D eigenvalue weighted by molar-refractivity contribution is 6.52. The van der Waals surface area contributed by atoms with Crippen molar-refractivity contribution in [1.29, 1.82) is 0 Å². The summed E-state index contributed by atoms with van der Waals surface area (Å²) < 4.78 is 16.8. The Hall–Kier alpha value is -4.72. The number of aromatic amines is 1. The summed E-state index contributed by atoms with van der Waals surface area (Å²) in [5, 5.41) is 12.4. The molecule has 1 aromatic heterocycles. The number of aryl methyl sites for hydroxylation is 1. The van der Waals surface area contributed by atoms with Gasteiger partial charge >= 0.3 is 0 Å². The highest BCUT2D eigenvalue weighted by Crippen LogP contribution is 2.46. The lowest BCUT2D eigenvalue weighted by Gasteiger charge is -2.25. The van der Waals surface area contributed by atoms with E-state index in [0.717, 1.165) is 16.5 Å². The van der Waals surface area contributed by atoms with Crippen molar-refractivity contribution >= 4 is 34.0 Å². The maximum Gasteiger partial charge on any atom is 0.300 e. The minimum Gasteiger partial charge on any atom is -0.507 e. The third kappa shape index (κ3) is 3.76. The Morgan fingerprint density at radius 1 is 1.05 bits per heavy atom. The number of carbonyl (C=O) groups is 2. The van der Waals surface area contributed by atoms with E-state index in [1.807, 2.05) is 45.0 Å². The number of fused-ring (bicyclic) bond motifs is 2. The lowest BCUT2D eigenvalue weighted by atomic mass is 9.94. The molecule has 4 aromatic rings. The Balaban J connectivity index is 1.54. The van der Waals surface area contributed by atoms with Crippen LogP contribution in [0.15, 0.2) is 72.4 Å². The molecule has 1 fully saturated rings. The number of aromatic nitrogens is 1. The van der Waals surface area contributed by atoms with Crippen LogP contribution in [0.1, 0.15) is 36.6 Å². The predicted octanol–water partition coefficient (Wildman–Crippen LogP) is 5.62. The monoisotopic (exact) mass is 510 g/mol. The van der Waals surface area contributed by atoms with E-state index in [4.69, 9.17) is 14.2 Å². The molecule has 0 spiro atoms.